The number of terminal acetylenes is 2. The van der Waals surface area contributed by atoms with Gasteiger partial charge in [-0.2, -0.15) is 0 Å². The molecular weight excluding hydrogens is 1550 g/mol. The first-order valence-corrected chi connectivity index (χ1v) is 42.2. The van der Waals surface area contributed by atoms with Crippen molar-refractivity contribution in [1.82, 2.24) is 55.2 Å². The van der Waals surface area contributed by atoms with E-state index in [0.29, 0.717) is 67.5 Å². The Balaban J connectivity index is 0.000000183. The molecule has 122 heavy (non-hydrogen) atoms. The normalized spacial score (nSPS) is 20.2. The number of nitrogens with zero attached hydrogens (tertiary/aromatic N) is 9. The predicted molar refractivity (Wildman–Crippen MR) is 469 cm³/mol. The lowest BCUT2D eigenvalue weighted by atomic mass is 9.91. The highest BCUT2D eigenvalue weighted by Crippen LogP contribution is 2.40. The van der Waals surface area contributed by atoms with Gasteiger partial charge in [0.2, 0.25) is 29.5 Å². The largest absolute Gasteiger partial charge is 0.481 e. The van der Waals surface area contributed by atoms with Gasteiger partial charge in [0.1, 0.15) is 33.9 Å². The molecule has 656 valence electrons. The van der Waals surface area contributed by atoms with Crippen LogP contribution in [0.2, 0.25) is 0 Å². The van der Waals surface area contributed by atoms with Crippen molar-refractivity contribution in [3.63, 3.8) is 0 Å². The molecule has 10 unspecified atom stereocenters. The smallest absolute Gasteiger partial charge is 0.410 e. The number of aromatic nitrogens is 5. The second-order valence-electron chi connectivity index (χ2n) is 35.7. The van der Waals surface area contributed by atoms with Crippen LogP contribution in [0.5, 0.6) is 0 Å². The average Bonchev–Trinajstić information content (AvgIpc) is 1.67. The third-order valence-electron chi connectivity index (χ3n) is 22.3. The summed E-state index contributed by atoms with van der Waals surface area (Å²) < 4.78 is 33.6. The van der Waals surface area contributed by atoms with Crippen LogP contribution in [0.4, 0.5) is 4.79 Å². The summed E-state index contributed by atoms with van der Waals surface area (Å²) >= 11 is 0. The lowest BCUT2D eigenvalue weighted by molar-refractivity contribution is -0.142. The van der Waals surface area contributed by atoms with Crippen LogP contribution in [-0.4, -0.2) is 181 Å². The first-order valence-electron chi connectivity index (χ1n) is 42.2. The number of aliphatic carboxylic acids is 1. The van der Waals surface area contributed by atoms with Gasteiger partial charge >= 0.3 is 18.0 Å². The van der Waals surface area contributed by atoms with E-state index in [1.807, 2.05) is 179 Å². The number of rotatable bonds is 17. The molecule has 5 amide bonds. The maximum absolute atomic E-state index is 13.0. The number of carbonyl (C=O) groups is 7. The van der Waals surface area contributed by atoms with Gasteiger partial charge in [0.05, 0.1) is 43.2 Å². The summed E-state index contributed by atoms with van der Waals surface area (Å²) in [6, 6.07) is 30.4. The molecule has 5 saturated carbocycles. The van der Waals surface area contributed by atoms with E-state index in [4.69, 9.17) is 49.2 Å². The molecule has 5 heterocycles. The van der Waals surface area contributed by atoms with Crippen molar-refractivity contribution in [3.05, 3.63) is 162 Å². The Morgan fingerprint density at radius 2 is 0.893 bits per heavy atom. The number of para-hydroxylation sites is 4. The van der Waals surface area contributed by atoms with Crippen molar-refractivity contribution in [1.29, 1.82) is 0 Å². The number of nitrogens with two attached hydrogens (primary N) is 1. The van der Waals surface area contributed by atoms with E-state index in [2.05, 4.69) is 74.6 Å². The fourth-order valence-corrected chi connectivity index (χ4v) is 15.5. The van der Waals surface area contributed by atoms with E-state index < -0.39 is 17.5 Å². The number of hydrogen-bond acceptors (Lipinski definition) is 20. The molecule has 27 nitrogen and oxygen atoms in total. The lowest BCUT2D eigenvalue weighted by Crippen LogP contribution is -2.39. The summed E-state index contributed by atoms with van der Waals surface area (Å²) in [5, 5.41) is 23.8. The Morgan fingerprint density at radius 3 is 1.26 bits per heavy atom. The molecule has 0 radical (unpaired) electrons. The fourth-order valence-electron chi connectivity index (χ4n) is 15.5. The molecule has 6 N–H and O–H groups in total. The molecule has 0 bridgehead atoms. The van der Waals surface area contributed by atoms with E-state index >= 15 is 0 Å². The van der Waals surface area contributed by atoms with Crippen molar-refractivity contribution >= 4 is 63.9 Å². The summed E-state index contributed by atoms with van der Waals surface area (Å²) in [5.41, 5.74) is 9.91. The molecule has 4 aromatic carbocycles. The molecule has 0 saturated heterocycles. The molecular formula is C95H126N12O15. The second kappa shape index (κ2) is 44.4. The van der Waals surface area contributed by atoms with Crippen LogP contribution in [0.25, 0.3) is 45.1 Å². The highest BCUT2D eigenvalue weighted by molar-refractivity contribution is 5.95. The van der Waals surface area contributed by atoms with Crippen molar-refractivity contribution < 1.29 is 70.6 Å². The van der Waals surface area contributed by atoms with Gasteiger partial charge in [0, 0.05) is 112 Å². The van der Waals surface area contributed by atoms with Crippen LogP contribution in [0.3, 0.4) is 0 Å². The Morgan fingerprint density at radius 1 is 0.500 bits per heavy atom. The third-order valence-corrected chi connectivity index (χ3v) is 22.3. The Hall–Kier alpha value is -11.4. The minimum atomic E-state index is -0.945. The van der Waals surface area contributed by atoms with E-state index in [1.165, 1.54) is 25.0 Å². The number of amides is 5. The number of aromatic carboxylic acids is 1. The average molecular weight is 1680 g/mol. The molecule has 9 aromatic rings. The zero-order chi connectivity index (χ0) is 89.3. The lowest BCUT2D eigenvalue weighted by Gasteiger charge is -2.28. The number of carboxylic acids is 2. The minimum absolute atomic E-state index is 0.00643. The number of ether oxygens (including phenoxy) is 1. The predicted octanol–water partition coefficient (Wildman–Crippen LogP) is 17.2. The monoisotopic (exact) mass is 1670 g/mol. The standard InChI is InChI=1S/C24H23N3O3.C16H26N2O2.C15H24N2O3.C14H9NO3.C13H23NO3.C10H16N2O.C3H5N/c1-15-14-25-22(29-15)18-11-12-19(13-18)27(2)24(28)17-9-7-16(8-10-17)23-26-20-5-3-4-6-21(20)30-23;1-6-9-17-15(20)12-7-8-13(10-12)18(5)14(19)11-16(2,3)4;1-10-9-16-13(19-10)11-6-7-12(8-11)17(5)14(18)20-15(2,3)4;16-14(17)10-7-5-9(6-8-10)13-15-11-3-1-2-4-12(11)18-13;1-13(2,3)8-11(15)14(4)10-6-5-9(7-10)12(16)17;1-7-6-12-10(13-7)8-3-4-9(5-8)11-2;1-2-3-4/h3-10,14,18-19H,11-13H2,1-2H3;1,12-13H,7-11H2,2-5H3,(H,17,20);9,11-12H,6-8H2,1-5H3;1-8H,(H,16,17);9-10H,5-8H2,1-4H3,(H,16,17);6,8-9,11H,3-5H2,1-2H3;1H,3-4H2. The third kappa shape index (κ3) is 28.9. The van der Waals surface area contributed by atoms with Gasteiger partial charge < -0.3 is 73.0 Å². The van der Waals surface area contributed by atoms with Crippen LogP contribution in [-0.2, 0) is 23.9 Å². The maximum Gasteiger partial charge on any atom is 0.410 e. The molecule has 5 aliphatic rings. The number of benzene rings is 4. The molecule has 0 aliphatic heterocycles. The van der Waals surface area contributed by atoms with Crippen LogP contribution in [0.1, 0.15) is 245 Å². The van der Waals surface area contributed by atoms with Crippen molar-refractivity contribution in [2.24, 2.45) is 28.4 Å². The number of carboxylic acid groups (broad SMARTS) is 2. The fraction of sp³-hybridized carbons (Fsp3) is 0.516. The molecule has 14 rings (SSSR count). The zero-order valence-corrected chi connectivity index (χ0v) is 74.1. The number of aryl methyl sites for hydroxylation is 3. The van der Waals surface area contributed by atoms with Crippen LogP contribution < -0.4 is 16.4 Å². The Bertz CT molecular complexity index is 4920. The summed E-state index contributed by atoms with van der Waals surface area (Å²) in [5.74, 6) is 10.2. The van der Waals surface area contributed by atoms with Gasteiger partial charge in [-0.1, -0.05) is 77.6 Å². The first kappa shape index (κ1) is 96.0. The minimum Gasteiger partial charge on any atom is -0.481 e. The van der Waals surface area contributed by atoms with Gasteiger partial charge in [-0.3, -0.25) is 24.0 Å². The van der Waals surface area contributed by atoms with Gasteiger partial charge in [-0.05, 0) is 229 Å². The van der Waals surface area contributed by atoms with E-state index in [1.54, 1.807) is 41.4 Å². The molecule has 5 aliphatic carbocycles. The van der Waals surface area contributed by atoms with Crippen LogP contribution in [0.15, 0.2) is 138 Å². The topological polar surface area (TPSA) is 362 Å². The molecule has 10 atom stereocenters. The van der Waals surface area contributed by atoms with Crippen LogP contribution >= 0.6 is 0 Å². The van der Waals surface area contributed by atoms with Gasteiger partial charge in [0.15, 0.2) is 28.8 Å². The van der Waals surface area contributed by atoms with Crippen LogP contribution in [0, 0.1) is 68.1 Å². The summed E-state index contributed by atoms with van der Waals surface area (Å²) in [6.45, 7) is 24.3. The van der Waals surface area contributed by atoms with Crippen molar-refractivity contribution in [3.8, 4) is 47.6 Å². The summed E-state index contributed by atoms with van der Waals surface area (Å²) in [6.07, 6.45) is 29.7. The maximum atomic E-state index is 13.0. The summed E-state index contributed by atoms with van der Waals surface area (Å²) in [7, 11) is 9.35. The second-order valence-corrected chi connectivity index (χ2v) is 35.7. The SMILES string of the molecule is C#CCN.C#CCNC(=O)C1CCC(N(C)C(=O)CC(C)(C)C)C1.CN(C(=O)CC(C)(C)C)C1CCC(C(=O)O)C1.CNC1CCC(c2ncc(C)o2)C1.Cc1cnc(C2CCC(N(C)C(=O)OC(C)(C)C)C2)o1.Cc1cnc(C2CCC(N(C)C(=O)c3ccc(-c4nc5ccccc5o4)cc3)C2)o1.O=C(O)c1ccc(-c2nc3ccccc3o2)cc1. The van der Waals surface area contributed by atoms with E-state index in [-0.39, 0.29) is 94.6 Å². The number of nitrogens with one attached hydrogen (secondary N) is 2. The Labute approximate surface area is 717 Å². The molecule has 27 heteroatoms. The van der Waals surface area contributed by atoms with Crippen molar-refractivity contribution in [2.45, 2.75) is 246 Å². The Kier molecular flexibility index (Phi) is 35.0. The number of hydrogen-bond donors (Lipinski definition) is 5. The van der Waals surface area contributed by atoms with Gasteiger partial charge in [-0.15, -0.1) is 12.8 Å². The zero-order valence-electron chi connectivity index (χ0n) is 74.1. The highest BCUT2D eigenvalue weighted by Gasteiger charge is 2.39. The highest BCUT2D eigenvalue weighted by atomic mass is 16.6. The van der Waals surface area contributed by atoms with E-state index in [9.17, 15) is 33.6 Å². The molecule has 5 aromatic heterocycles. The molecule has 5 fully saturated rings. The van der Waals surface area contributed by atoms with Crippen molar-refractivity contribution in [2.75, 3.05) is 48.3 Å². The van der Waals surface area contributed by atoms with E-state index in [0.717, 1.165) is 139 Å². The van der Waals surface area contributed by atoms with Gasteiger partial charge in [-0.25, -0.2) is 34.5 Å². The number of oxazole rings is 5. The summed E-state index contributed by atoms with van der Waals surface area (Å²) in [4.78, 5) is 112. The number of fused-ring (bicyclic) bond motifs is 2. The molecule has 0 spiro atoms. The quantitative estimate of drug-likeness (QED) is 0.0529. The van der Waals surface area contributed by atoms with Gasteiger partial charge in [0.25, 0.3) is 5.91 Å². The first-order chi connectivity index (χ1) is 57.7. The number of carbonyl (C=O) groups excluding carboxylic acids is 5.